The molecule has 2 rings (SSSR count). The minimum absolute atomic E-state index is 0.0278. The number of aldehydes is 1. The van der Waals surface area contributed by atoms with Crippen LogP contribution in [0.25, 0.3) is 0 Å². The minimum atomic E-state index is -0.0278. The Morgan fingerprint density at radius 1 is 1.56 bits per heavy atom. The number of carbonyl (C=O) groups is 2. The van der Waals surface area contributed by atoms with Crippen molar-refractivity contribution in [1.29, 1.82) is 0 Å². The van der Waals surface area contributed by atoms with Crippen molar-refractivity contribution in [2.75, 3.05) is 5.75 Å². The van der Waals surface area contributed by atoms with Gasteiger partial charge in [-0.1, -0.05) is 29.0 Å². The van der Waals surface area contributed by atoms with Crippen molar-refractivity contribution < 1.29 is 9.59 Å². The number of hydrogen-bond acceptors (Lipinski definition) is 3. The van der Waals surface area contributed by atoms with Gasteiger partial charge < -0.3 is 15.4 Å². The van der Waals surface area contributed by atoms with E-state index in [2.05, 4.69) is 33.2 Å². The molecule has 6 heteroatoms. The molecule has 2 amide bonds. The Kier molecular flexibility index (Phi) is 4.34. The predicted molar refractivity (Wildman–Crippen MR) is 73.2 cm³/mol. The van der Waals surface area contributed by atoms with Gasteiger partial charge >= 0.3 is 6.03 Å². The molecule has 0 aliphatic carbocycles. The first-order valence-electron chi connectivity index (χ1n) is 5.48. The summed E-state index contributed by atoms with van der Waals surface area (Å²) in [6.45, 7) is 0. The van der Waals surface area contributed by atoms with E-state index in [-0.39, 0.29) is 9.96 Å². The number of fused-ring (bicyclic) bond motifs is 1. The molecule has 2 aliphatic rings. The zero-order valence-electron chi connectivity index (χ0n) is 8.82. The molecule has 0 aromatic heterocycles. The first kappa shape index (κ1) is 12.5. The Morgan fingerprint density at radius 2 is 2.38 bits per heavy atom. The monoisotopic (exact) mass is 354 g/mol. The van der Waals surface area contributed by atoms with Gasteiger partial charge in [0.2, 0.25) is 0 Å². The van der Waals surface area contributed by atoms with E-state index in [0.29, 0.717) is 17.3 Å². The fraction of sp³-hybridized carbons (Fsp3) is 0.800. The highest BCUT2D eigenvalue weighted by atomic mass is 127. The number of rotatable bonds is 5. The largest absolute Gasteiger partial charge is 0.332 e. The van der Waals surface area contributed by atoms with Gasteiger partial charge in [0, 0.05) is 11.0 Å². The number of thioether (sulfide) groups is 1. The van der Waals surface area contributed by atoms with Crippen molar-refractivity contribution >= 4 is 46.7 Å². The first-order chi connectivity index (χ1) is 7.70. The van der Waals surface area contributed by atoms with Crippen molar-refractivity contribution in [2.45, 2.75) is 40.5 Å². The van der Waals surface area contributed by atoms with E-state index in [9.17, 15) is 9.59 Å². The SMILES string of the molecule is O=CC(I)CCC[C@@H]1SC[C@@H]2NC(=O)N[C@@H]21. The predicted octanol–water partition coefficient (Wildman–Crippen LogP) is 1.32. The van der Waals surface area contributed by atoms with E-state index >= 15 is 0 Å². The summed E-state index contributed by atoms with van der Waals surface area (Å²) in [7, 11) is 0. The molecule has 4 atom stereocenters. The molecule has 0 spiro atoms. The van der Waals surface area contributed by atoms with Crippen molar-refractivity contribution in [2.24, 2.45) is 0 Å². The molecule has 2 aliphatic heterocycles. The van der Waals surface area contributed by atoms with Gasteiger partial charge in [0.05, 0.1) is 16.0 Å². The van der Waals surface area contributed by atoms with Crippen LogP contribution < -0.4 is 10.6 Å². The number of urea groups is 1. The van der Waals surface area contributed by atoms with Crippen molar-refractivity contribution in [1.82, 2.24) is 10.6 Å². The van der Waals surface area contributed by atoms with Crippen LogP contribution in [0.4, 0.5) is 4.79 Å². The van der Waals surface area contributed by atoms with Gasteiger partial charge in [0.15, 0.2) is 0 Å². The van der Waals surface area contributed by atoms with Gasteiger partial charge in [-0.25, -0.2) is 4.79 Å². The lowest BCUT2D eigenvalue weighted by Gasteiger charge is -2.16. The molecule has 2 heterocycles. The van der Waals surface area contributed by atoms with E-state index in [1.165, 1.54) is 0 Å². The van der Waals surface area contributed by atoms with E-state index in [1.54, 1.807) is 0 Å². The van der Waals surface area contributed by atoms with Crippen LogP contribution in [0, 0.1) is 0 Å². The number of halogens is 1. The lowest BCUT2D eigenvalue weighted by molar-refractivity contribution is -0.107. The normalized spacial score (nSPS) is 34.1. The molecule has 4 nitrogen and oxygen atoms in total. The van der Waals surface area contributed by atoms with Gasteiger partial charge in [-0.2, -0.15) is 11.8 Å². The quantitative estimate of drug-likeness (QED) is 0.339. The third kappa shape index (κ3) is 2.82. The van der Waals surface area contributed by atoms with Crippen molar-refractivity contribution in [3.8, 4) is 0 Å². The Morgan fingerprint density at radius 3 is 3.12 bits per heavy atom. The van der Waals surface area contributed by atoms with Crippen LogP contribution in [0.5, 0.6) is 0 Å². The molecule has 2 N–H and O–H groups in total. The average Bonchev–Trinajstić information content (AvgIpc) is 2.78. The number of amides is 2. The van der Waals surface area contributed by atoms with Crippen LogP contribution in [0.15, 0.2) is 0 Å². The summed E-state index contributed by atoms with van der Waals surface area (Å²) >= 11 is 4.10. The van der Waals surface area contributed by atoms with Crippen molar-refractivity contribution in [3.63, 3.8) is 0 Å². The van der Waals surface area contributed by atoms with E-state index in [4.69, 9.17) is 0 Å². The van der Waals surface area contributed by atoms with Gasteiger partial charge in [0.25, 0.3) is 0 Å². The van der Waals surface area contributed by atoms with Gasteiger partial charge in [-0.15, -0.1) is 0 Å². The summed E-state index contributed by atoms with van der Waals surface area (Å²) in [5.74, 6) is 1.01. The zero-order chi connectivity index (χ0) is 11.5. The molecular weight excluding hydrogens is 339 g/mol. The lowest BCUT2D eigenvalue weighted by Crippen LogP contribution is -2.36. The van der Waals surface area contributed by atoms with E-state index in [1.807, 2.05) is 11.8 Å². The van der Waals surface area contributed by atoms with Crippen LogP contribution in [0.3, 0.4) is 0 Å². The molecule has 0 bridgehead atoms. The Balaban J connectivity index is 1.74. The van der Waals surface area contributed by atoms with E-state index in [0.717, 1.165) is 31.3 Å². The second-order valence-corrected chi connectivity index (χ2v) is 7.08. The Bertz CT molecular complexity index is 290. The fourth-order valence-electron chi connectivity index (χ4n) is 2.23. The summed E-state index contributed by atoms with van der Waals surface area (Å²) in [5.41, 5.74) is 0. The molecule has 1 unspecified atom stereocenters. The number of alkyl halides is 1. The molecule has 0 saturated carbocycles. The molecule has 0 aromatic rings. The highest BCUT2D eigenvalue weighted by Crippen LogP contribution is 2.33. The summed E-state index contributed by atoms with van der Waals surface area (Å²) in [5, 5.41) is 6.42. The molecule has 0 aromatic carbocycles. The van der Waals surface area contributed by atoms with Gasteiger partial charge in [-0.3, -0.25) is 0 Å². The van der Waals surface area contributed by atoms with Gasteiger partial charge in [-0.05, 0) is 12.8 Å². The van der Waals surface area contributed by atoms with Crippen molar-refractivity contribution in [3.05, 3.63) is 0 Å². The number of nitrogens with one attached hydrogen (secondary N) is 2. The zero-order valence-corrected chi connectivity index (χ0v) is 11.8. The maximum absolute atomic E-state index is 11.2. The highest BCUT2D eigenvalue weighted by Gasteiger charge is 2.42. The average molecular weight is 354 g/mol. The van der Waals surface area contributed by atoms with E-state index < -0.39 is 0 Å². The Hall–Kier alpha value is 0.0200. The number of carbonyl (C=O) groups excluding carboxylic acids is 2. The molecule has 90 valence electrons. The summed E-state index contributed by atoms with van der Waals surface area (Å²) in [6, 6.07) is 0.574. The summed E-state index contributed by atoms with van der Waals surface area (Å²) in [4.78, 5) is 21.6. The summed E-state index contributed by atoms with van der Waals surface area (Å²) < 4.78 is 0.135. The van der Waals surface area contributed by atoms with Crippen LogP contribution >= 0.6 is 34.4 Å². The summed E-state index contributed by atoms with van der Waals surface area (Å²) in [6.07, 6.45) is 4.09. The van der Waals surface area contributed by atoms with Gasteiger partial charge in [0.1, 0.15) is 6.29 Å². The second-order valence-electron chi connectivity index (χ2n) is 4.20. The maximum atomic E-state index is 11.2. The third-order valence-electron chi connectivity index (χ3n) is 3.05. The van der Waals surface area contributed by atoms with Crippen LogP contribution in [0.1, 0.15) is 19.3 Å². The highest BCUT2D eigenvalue weighted by molar-refractivity contribution is 14.1. The number of hydrogen-bond donors (Lipinski definition) is 2. The third-order valence-corrected chi connectivity index (χ3v) is 5.48. The smallest absolute Gasteiger partial charge is 0.315 e. The topological polar surface area (TPSA) is 58.2 Å². The minimum Gasteiger partial charge on any atom is -0.332 e. The van der Waals surface area contributed by atoms with Crippen LogP contribution in [-0.2, 0) is 4.79 Å². The molecule has 16 heavy (non-hydrogen) atoms. The Labute approximate surface area is 113 Å². The lowest BCUT2D eigenvalue weighted by atomic mass is 10.0. The fourth-order valence-corrected chi connectivity index (χ4v) is 4.21. The molecule has 2 saturated heterocycles. The molecule has 2 fully saturated rings. The standard InChI is InChI=1S/C10H15IN2O2S/c11-6(4-14)2-1-3-8-9-7(5-16-8)12-10(15)13-9/h4,6-9H,1-3,5H2,(H2,12,13,15)/t6?,7-,8-,9-/m0/s1. The van der Waals surface area contributed by atoms with Crippen LogP contribution in [-0.4, -0.2) is 39.3 Å². The maximum Gasteiger partial charge on any atom is 0.315 e. The van der Waals surface area contributed by atoms with Crippen LogP contribution in [0.2, 0.25) is 0 Å². The second kappa shape index (κ2) is 5.57. The first-order valence-corrected chi connectivity index (χ1v) is 7.78. The molecular formula is C10H15IN2O2S. The molecule has 0 radical (unpaired) electrons.